The average molecular weight is 202 g/mol. The molecule has 0 amide bonds. The Morgan fingerprint density at radius 1 is 1.45 bits per heavy atom. The molecular formula is C5H14O4S2. The smallest absolute Gasteiger partial charge is 0.217 e. The molecule has 0 radical (unpaired) electrons. The lowest BCUT2D eigenvalue weighted by molar-refractivity contribution is 0.314. The van der Waals surface area contributed by atoms with Crippen LogP contribution in [0.3, 0.4) is 0 Å². The highest BCUT2D eigenvalue weighted by Gasteiger charge is 1.89. The predicted octanol–water partition coefficient (Wildman–Crippen LogP) is -0.0228. The molecule has 0 fully saturated rings. The van der Waals surface area contributed by atoms with Crippen molar-refractivity contribution in [2.75, 3.05) is 25.4 Å². The van der Waals surface area contributed by atoms with Crippen LogP contribution in [0.25, 0.3) is 0 Å². The van der Waals surface area contributed by atoms with E-state index >= 15 is 0 Å². The lowest BCUT2D eigenvalue weighted by Gasteiger charge is -1.98. The molecule has 0 N–H and O–H groups in total. The third kappa shape index (κ3) is 25.3. The van der Waals surface area contributed by atoms with Crippen LogP contribution in [0.2, 0.25) is 0 Å². The highest BCUT2D eigenvalue weighted by atomic mass is 32.3. The van der Waals surface area contributed by atoms with Gasteiger partial charge in [0.15, 0.2) is 0 Å². The lowest BCUT2D eigenvalue weighted by atomic mass is 11.0. The maximum absolute atomic E-state index is 9.22. The molecule has 6 heteroatoms. The summed E-state index contributed by atoms with van der Waals surface area (Å²) < 4.78 is 31.0. The van der Waals surface area contributed by atoms with Gasteiger partial charge in [-0.2, -0.15) is 0 Å². The van der Waals surface area contributed by atoms with Gasteiger partial charge in [0.1, 0.15) is 5.75 Å². The first-order valence-electron chi connectivity index (χ1n) is 2.89. The largest absolute Gasteiger partial charge is 0.726 e. The van der Waals surface area contributed by atoms with Gasteiger partial charge in [-0.1, -0.05) is 0 Å². The summed E-state index contributed by atoms with van der Waals surface area (Å²) >= 11 is 0. The summed E-state index contributed by atoms with van der Waals surface area (Å²) in [7, 11) is -2.93. The molecule has 70 valence electrons. The minimum atomic E-state index is -4.41. The summed E-state index contributed by atoms with van der Waals surface area (Å²) in [6.45, 7) is 2.21. The summed E-state index contributed by atoms with van der Waals surface area (Å²) in [6, 6.07) is 0. The molecule has 11 heavy (non-hydrogen) atoms. The van der Waals surface area contributed by atoms with Crippen LogP contribution in [-0.2, 0) is 25.5 Å². The quantitative estimate of drug-likeness (QED) is 0.358. The standard InChI is InChI=1S/C4H11S.CH4O4S/c1-4-5(2)3;1-5-6(2,3)4/h4H2,1-3H3;1H3,(H,2,3,4)/q+1;/p-1. The van der Waals surface area contributed by atoms with Crippen molar-refractivity contribution >= 4 is 21.3 Å². The molecular weight excluding hydrogens is 188 g/mol. The Kier molecular flexibility index (Phi) is 8.65. The van der Waals surface area contributed by atoms with Crippen LogP contribution in [0.15, 0.2) is 0 Å². The first-order valence-corrected chi connectivity index (χ1v) is 6.43. The van der Waals surface area contributed by atoms with Gasteiger partial charge in [0.25, 0.3) is 0 Å². The second-order valence-electron chi connectivity index (χ2n) is 1.85. The maximum atomic E-state index is 9.22. The van der Waals surface area contributed by atoms with E-state index in [1.165, 1.54) is 5.75 Å². The molecule has 0 rings (SSSR count). The van der Waals surface area contributed by atoms with Gasteiger partial charge >= 0.3 is 0 Å². The van der Waals surface area contributed by atoms with Crippen molar-refractivity contribution in [3.8, 4) is 0 Å². The summed E-state index contributed by atoms with van der Waals surface area (Å²) in [5.74, 6) is 1.33. The Labute approximate surface area is 71.2 Å². The van der Waals surface area contributed by atoms with E-state index in [-0.39, 0.29) is 0 Å². The van der Waals surface area contributed by atoms with Crippen LogP contribution in [0.4, 0.5) is 0 Å². The van der Waals surface area contributed by atoms with Gasteiger partial charge in [-0.3, -0.25) is 4.18 Å². The lowest BCUT2D eigenvalue weighted by Crippen LogP contribution is -1.97. The molecule has 0 atom stereocenters. The Morgan fingerprint density at radius 3 is 1.64 bits per heavy atom. The molecule has 0 bridgehead atoms. The van der Waals surface area contributed by atoms with Crippen LogP contribution in [0.1, 0.15) is 6.92 Å². The van der Waals surface area contributed by atoms with Crippen LogP contribution in [0.5, 0.6) is 0 Å². The topological polar surface area (TPSA) is 66.4 Å². The molecule has 0 aliphatic carbocycles. The minimum Gasteiger partial charge on any atom is -0.726 e. The average Bonchev–Trinajstić information content (AvgIpc) is 1.88. The van der Waals surface area contributed by atoms with Crippen molar-refractivity contribution in [3.05, 3.63) is 0 Å². The van der Waals surface area contributed by atoms with Crippen LogP contribution in [0, 0.1) is 0 Å². The Balaban J connectivity index is 0. The van der Waals surface area contributed by atoms with Crippen molar-refractivity contribution < 1.29 is 17.2 Å². The van der Waals surface area contributed by atoms with Crippen molar-refractivity contribution in [2.24, 2.45) is 0 Å². The molecule has 0 aliphatic rings. The molecule has 0 aliphatic heterocycles. The fourth-order valence-corrected chi connectivity index (χ4v) is 0. The van der Waals surface area contributed by atoms with Crippen LogP contribution < -0.4 is 0 Å². The number of hydrogen-bond acceptors (Lipinski definition) is 4. The number of rotatable bonds is 2. The van der Waals surface area contributed by atoms with Gasteiger partial charge in [-0.05, 0) is 17.8 Å². The van der Waals surface area contributed by atoms with Gasteiger partial charge in [0.05, 0.1) is 19.6 Å². The molecule has 0 aromatic heterocycles. The van der Waals surface area contributed by atoms with E-state index in [1.807, 2.05) is 0 Å². The third-order valence-electron chi connectivity index (χ3n) is 0.781. The van der Waals surface area contributed by atoms with E-state index in [0.717, 1.165) is 7.11 Å². The van der Waals surface area contributed by atoms with E-state index in [0.29, 0.717) is 10.9 Å². The first kappa shape index (κ1) is 13.8. The highest BCUT2D eigenvalue weighted by Crippen LogP contribution is 1.76. The van der Waals surface area contributed by atoms with Crippen molar-refractivity contribution in [1.29, 1.82) is 0 Å². The Hall–Kier alpha value is 0.220. The zero-order valence-electron chi connectivity index (χ0n) is 7.16. The van der Waals surface area contributed by atoms with Gasteiger partial charge < -0.3 is 4.55 Å². The SMILES string of the molecule is CC[S+](C)C.COS(=O)(=O)[O-]. The fourth-order valence-electron chi connectivity index (χ4n) is 0. The zero-order chi connectivity index (χ0) is 9.49. The maximum Gasteiger partial charge on any atom is 0.217 e. The Morgan fingerprint density at radius 2 is 1.64 bits per heavy atom. The second-order valence-corrected chi connectivity index (χ2v) is 5.55. The molecule has 4 nitrogen and oxygen atoms in total. The van der Waals surface area contributed by atoms with E-state index in [2.05, 4.69) is 23.6 Å². The molecule has 0 saturated carbocycles. The van der Waals surface area contributed by atoms with Crippen molar-refractivity contribution in [2.45, 2.75) is 6.92 Å². The third-order valence-corrected chi connectivity index (χ3v) is 2.34. The van der Waals surface area contributed by atoms with E-state index < -0.39 is 10.4 Å². The highest BCUT2D eigenvalue weighted by molar-refractivity contribution is 7.95. The van der Waals surface area contributed by atoms with Gasteiger partial charge in [0, 0.05) is 0 Å². The van der Waals surface area contributed by atoms with Crippen LogP contribution >= 0.6 is 0 Å². The van der Waals surface area contributed by atoms with Gasteiger partial charge in [0.2, 0.25) is 10.4 Å². The minimum absolute atomic E-state index is 0.677. The number of hydrogen-bond donors (Lipinski definition) is 0. The van der Waals surface area contributed by atoms with Gasteiger partial charge in [-0.25, -0.2) is 8.42 Å². The second kappa shape index (κ2) is 6.90. The van der Waals surface area contributed by atoms with Crippen LogP contribution in [-0.4, -0.2) is 38.3 Å². The van der Waals surface area contributed by atoms with Crippen molar-refractivity contribution in [3.63, 3.8) is 0 Å². The monoisotopic (exact) mass is 202 g/mol. The molecule has 0 unspecified atom stereocenters. The van der Waals surface area contributed by atoms with Crippen molar-refractivity contribution in [1.82, 2.24) is 0 Å². The normalized spacial score (nSPS) is 10.7. The predicted molar refractivity (Wildman–Crippen MR) is 46.5 cm³/mol. The zero-order valence-corrected chi connectivity index (χ0v) is 8.79. The van der Waals surface area contributed by atoms with Gasteiger partial charge in [-0.15, -0.1) is 0 Å². The fraction of sp³-hybridized carbons (Fsp3) is 1.00. The Bertz CT molecular complexity index is 161. The van der Waals surface area contributed by atoms with E-state index in [1.54, 1.807) is 0 Å². The van der Waals surface area contributed by atoms with E-state index in [9.17, 15) is 13.0 Å². The molecule has 0 heterocycles. The summed E-state index contributed by atoms with van der Waals surface area (Å²) in [5.41, 5.74) is 0. The summed E-state index contributed by atoms with van der Waals surface area (Å²) in [5, 5.41) is 0. The summed E-state index contributed by atoms with van der Waals surface area (Å²) in [6.07, 6.45) is 4.50. The molecule has 0 spiro atoms. The molecule has 0 aromatic carbocycles. The molecule has 0 saturated heterocycles. The van der Waals surface area contributed by atoms with E-state index in [4.69, 9.17) is 0 Å². The molecule has 0 aromatic rings. The summed E-state index contributed by atoms with van der Waals surface area (Å²) in [4.78, 5) is 0. The first-order chi connectivity index (χ1) is 4.83.